The zero-order chi connectivity index (χ0) is 15.9. The second kappa shape index (κ2) is 5.89. The molecule has 0 unspecified atom stereocenters. The van der Waals surface area contributed by atoms with Crippen LogP contribution in [0.25, 0.3) is 11.0 Å². The van der Waals surface area contributed by atoms with Gasteiger partial charge in [0.25, 0.3) is 5.91 Å². The molecule has 0 saturated heterocycles. The standard InChI is InChI=1S/C17H13Br2NO2/c1-9-10(2)22-16-11(9)5-3-6-12(16)17(21)20-15-13(18)7-4-8-14(15)19/h3-8H,1-2H3,(H,20,21). The normalized spacial score (nSPS) is 10.9. The van der Waals surface area contributed by atoms with Gasteiger partial charge in [0.05, 0.1) is 11.3 Å². The molecule has 5 heteroatoms. The van der Waals surface area contributed by atoms with Crippen LogP contribution in [-0.2, 0) is 0 Å². The summed E-state index contributed by atoms with van der Waals surface area (Å²) in [4.78, 5) is 12.6. The van der Waals surface area contributed by atoms with Crippen LogP contribution >= 0.6 is 31.9 Å². The van der Waals surface area contributed by atoms with Crippen LogP contribution in [0.1, 0.15) is 21.7 Å². The predicted octanol–water partition coefficient (Wildman–Crippen LogP) is 5.83. The van der Waals surface area contributed by atoms with Gasteiger partial charge >= 0.3 is 0 Å². The van der Waals surface area contributed by atoms with Crippen LogP contribution in [0.15, 0.2) is 49.8 Å². The highest BCUT2D eigenvalue weighted by Gasteiger charge is 2.17. The van der Waals surface area contributed by atoms with Crippen molar-refractivity contribution in [1.82, 2.24) is 0 Å². The van der Waals surface area contributed by atoms with Crippen molar-refractivity contribution in [3.63, 3.8) is 0 Å². The van der Waals surface area contributed by atoms with Crippen LogP contribution < -0.4 is 5.32 Å². The minimum Gasteiger partial charge on any atom is -0.460 e. The zero-order valence-electron chi connectivity index (χ0n) is 12.0. The number of hydrogen-bond acceptors (Lipinski definition) is 2. The molecule has 112 valence electrons. The van der Waals surface area contributed by atoms with Crippen LogP contribution in [-0.4, -0.2) is 5.91 Å². The molecule has 1 amide bonds. The summed E-state index contributed by atoms with van der Waals surface area (Å²) >= 11 is 6.89. The summed E-state index contributed by atoms with van der Waals surface area (Å²) in [6.45, 7) is 3.90. The Morgan fingerprint density at radius 2 is 1.68 bits per heavy atom. The molecular weight excluding hydrogens is 410 g/mol. The van der Waals surface area contributed by atoms with Crippen molar-refractivity contribution >= 4 is 54.4 Å². The Balaban J connectivity index is 2.05. The van der Waals surface area contributed by atoms with Gasteiger partial charge in [0, 0.05) is 14.3 Å². The fraction of sp³-hybridized carbons (Fsp3) is 0.118. The first-order chi connectivity index (χ1) is 10.5. The minimum absolute atomic E-state index is 0.202. The predicted molar refractivity (Wildman–Crippen MR) is 95.5 cm³/mol. The molecule has 0 bridgehead atoms. The lowest BCUT2D eigenvalue weighted by Crippen LogP contribution is -2.13. The summed E-state index contributed by atoms with van der Waals surface area (Å²) in [5.74, 6) is 0.629. The number of fused-ring (bicyclic) bond motifs is 1. The maximum absolute atomic E-state index is 12.6. The maximum Gasteiger partial charge on any atom is 0.259 e. The topological polar surface area (TPSA) is 42.2 Å². The zero-order valence-corrected chi connectivity index (χ0v) is 15.2. The van der Waals surface area contributed by atoms with Crippen LogP contribution in [0.4, 0.5) is 5.69 Å². The van der Waals surface area contributed by atoms with Crippen molar-refractivity contribution in [3.8, 4) is 0 Å². The molecule has 1 N–H and O–H groups in total. The lowest BCUT2D eigenvalue weighted by atomic mass is 10.1. The van der Waals surface area contributed by atoms with Crippen molar-refractivity contribution in [1.29, 1.82) is 0 Å². The Labute approximate surface area is 145 Å². The van der Waals surface area contributed by atoms with E-state index in [9.17, 15) is 4.79 Å². The fourth-order valence-electron chi connectivity index (χ4n) is 2.34. The van der Waals surface area contributed by atoms with Gasteiger partial charge in [-0.05, 0) is 69.5 Å². The van der Waals surface area contributed by atoms with Gasteiger partial charge in [-0.25, -0.2) is 0 Å². The monoisotopic (exact) mass is 421 g/mol. The number of halogens is 2. The van der Waals surface area contributed by atoms with Gasteiger partial charge in [0.1, 0.15) is 11.3 Å². The number of carbonyl (C=O) groups excluding carboxylic acids is 1. The van der Waals surface area contributed by atoms with Gasteiger partial charge in [-0.2, -0.15) is 0 Å². The molecule has 1 aromatic heterocycles. The summed E-state index contributed by atoms with van der Waals surface area (Å²) in [6, 6.07) is 11.2. The number of nitrogens with one attached hydrogen (secondary N) is 1. The third-order valence-corrected chi connectivity index (χ3v) is 4.97. The van der Waals surface area contributed by atoms with Crippen LogP contribution in [0.2, 0.25) is 0 Å². The molecule has 3 aromatic rings. The quantitative estimate of drug-likeness (QED) is 0.564. The lowest BCUT2D eigenvalue weighted by Gasteiger charge is -2.09. The van der Waals surface area contributed by atoms with E-state index in [0.29, 0.717) is 16.8 Å². The van der Waals surface area contributed by atoms with Gasteiger partial charge in [0.2, 0.25) is 0 Å². The molecule has 0 aliphatic heterocycles. The molecule has 0 radical (unpaired) electrons. The number of rotatable bonds is 2. The summed E-state index contributed by atoms with van der Waals surface area (Å²) in [5.41, 5.74) is 2.91. The average molecular weight is 423 g/mol. The van der Waals surface area contributed by atoms with Gasteiger partial charge in [0.15, 0.2) is 0 Å². The molecule has 3 rings (SSSR count). The highest BCUT2D eigenvalue weighted by atomic mass is 79.9. The Morgan fingerprint density at radius 1 is 1.05 bits per heavy atom. The molecule has 0 fully saturated rings. The van der Waals surface area contributed by atoms with Gasteiger partial charge in [-0.1, -0.05) is 18.2 Å². The molecule has 0 atom stereocenters. The van der Waals surface area contributed by atoms with Crippen LogP contribution in [0.5, 0.6) is 0 Å². The summed E-state index contributed by atoms with van der Waals surface area (Å²) < 4.78 is 7.39. The highest BCUT2D eigenvalue weighted by Crippen LogP contribution is 2.32. The molecule has 2 aromatic carbocycles. The number of carbonyl (C=O) groups is 1. The largest absolute Gasteiger partial charge is 0.460 e. The van der Waals surface area contributed by atoms with Crippen LogP contribution in [0, 0.1) is 13.8 Å². The van der Waals surface area contributed by atoms with E-state index in [1.165, 1.54) is 0 Å². The Morgan fingerprint density at radius 3 is 2.36 bits per heavy atom. The van der Waals surface area contributed by atoms with Crippen molar-refractivity contribution < 1.29 is 9.21 Å². The van der Waals surface area contributed by atoms with E-state index in [0.717, 1.165) is 25.7 Å². The second-order valence-electron chi connectivity index (χ2n) is 5.02. The Hall–Kier alpha value is -1.59. The smallest absolute Gasteiger partial charge is 0.259 e. The number of furan rings is 1. The van der Waals surface area contributed by atoms with E-state index < -0.39 is 0 Å². The molecule has 3 nitrogen and oxygen atoms in total. The summed E-state index contributed by atoms with van der Waals surface area (Å²) in [6.07, 6.45) is 0. The molecule has 0 aliphatic rings. The number of anilines is 1. The SMILES string of the molecule is Cc1oc2c(C(=O)Nc3c(Br)cccc3Br)cccc2c1C. The van der Waals surface area contributed by atoms with Crippen LogP contribution in [0.3, 0.4) is 0 Å². The molecule has 0 spiro atoms. The first-order valence-corrected chi connectivity index (χ1v) is 8.31. The summed E-state index contributed by atoms with van der Waals surface area (Å²) in [5, 5.41) is 3.89. The first kappa shape index (κ1) is 15.3. The highest BCUT2D eigenvalue weighted by molar-refractivity contribution is 9.11. The van der Waals surface area contributed by atoms with E-state index >= 15 is 0 Å². The number of hydrogen-bond donors (Lipinski definition) is 1. The van der Waals surface area contributed by atoms with Crippen molar-refractivity contribution in [2.75, 3.05) is 5.32 Å². The minimum atomic E-state index is -0.202. The van der Waals surface area contributed by atoms with E-state index in [1.807, 2.05) is 44.2 Å². The van der Waals surface area contributed by atoms with Crippen molar-refractivity contribution in [2.45, 2.75) is 13.8 Å². The van der Waals surface area contributed by atoms with E-state index in [-0.39, 0.29) is 5.91 Å². The molecule has 1 heterocycles. The molecule has 0 saturated carbocycles. The summed E-state index contributed by atoms with van der Waals surface area (Å²) in [7, 11) is 0. The number of aryl methyl sites for hydroxylation is 2. The molecule has 22 heavy (non-hydrogen) atoms. The average Bonchev–Trinajstić information content (AvgIpc) is 2.78. The molecule has 0 aliphatic carbocycles. The Kier molecular flexibility index (Phi) is 4.10. The lowest BCUT2D eigenvalue weighted by molar-refractivity contribution is 0.102. The van der Waals surface area contributed by atoms with E-state index in [1.54, 1.807) is 6.07 Å². The third kappa shape index (κ3) is 2.59. The second-order valence-corrected chi connectivity index (χ2v) is 6.72. The molecular formula is C17H13Br2NO2. The number of amides is 1. The first-order valence-electron chi connectivity index (χ1n) is 6.73. The van der Waals surface area contributed by atoms with Gasteiger partial charge in [-0.3, -0.25) is 4.79 Å². The number of para-hydroxylation sites is 2. The maximum atomic E-state index is 12.6. The Bertz CT molecular complexity index is 863. The van der Waals surface area contributed by atoms with Crippen molar-refractivity contribution in [3.05, 3.63) is 62.2 Å². The third-order valence-electron chi connectivity index (χ3n) is 3.65. The van der Waals surface area contributed by atoms with E-state index in [2.05, 4.69) is 37.2 Å². The fourth-order valence-corrected chi connectivity index (χ4v) is 3.54. The van der Waals surface area contributed by atoms with E-state index in [4.69, 9.17) is 4.42 Å². The van der Waals surface area contributed by atoms with Crippen molar-refractivity contribution in [2.24, 2.45) is 0 Å². The van der Waals surface area contributed by atoms with Gasteiger partial charge < -0.3 is 9.73 Å². The van der Waals surface area contributed by atoms with Gasteiger partial charge in [-0.15, -0.1) is 0 Å². The number of benzene rings is 2.